The average molecular weight is 327 g/mol. The summed E-state index contributed by atoms with van der Waals surface area (Å²) in [6.07, 6.45) is 1.08. The second-order valence-corrected chi connectivity index (χ2v) is 7.32. The fourth-order valence-corrected chi connectivity index (χ4v) is 3.74. The second-order valence-electron chi connectivity index (χ2n) is 7.32. The van der Waals surface area contributed by atoms with Crippen LogP contribution in [0.25, 0.3) is 0 Å². The third kappa shape index (κ3) is 2.93. The summed E-state index contributed by atoms with van der Waals surface area (Å²) in [4.78, 5) is 14.0. The Morgan fingerprint density at radius 2 is 2.08 bits per heavy atom. The molecule has 24 heavy (non-hydrogen) atoms. The van der Waals surface area contributed by atoms with Crippen molar-refractivity contribution in [3.05, 3.63) is 53.0 Å². The molecule has 1 aliphatic heterocycles. The molecule has 1 aromatic carbocycles. The predicted octanol–water partition coefficient (Wildman–Crippen LogP) is 4.67. The van der Waals surface area contributed by atoms with Gasteiger partial charge >= 0.3 is 5.97 Å². The highest BCUT2D eigenvalue weighted by molar-refractivity contribution is 5.86. The average Bonchev–Trinajstić information content (AvgIpc) is 2.99. The normalized spacial score (nSPS) is 19.0. The SMILES string of the molecule is COC(=O)c1ccc(CN2c3ccc(C)cc3[C@@H](C)CC2(C)C)o1. The Morgan fingerprint density at radius 3 is 2.79 bits per heavy atom. The molecule has 1 aliphatic rings. The van der Waals surface area contributed by atoms with E-state index in [0.717, 1.165) is 12.2 Å². The zero-order chi connectivity index (χ0) is 17.5. The number of anilines is 1. The van der Waals surface area contributed by atoms with Crippen molar-refractivity contribution in [2.45, 2.75) is 52.1 Å². The van der Waals surface area contributed by atoms with Crippen molar-refractivity contribution in [3.8, 4) is 0 Å². The molecule has 0 bridgehead atoms. The van der Waals surface area contributed by atoms with Gasteiger partial charge in [-0.2, -0.15) is 0 Å². The molecule has 2 aromatic rings. The fourth-order valence-electron chi connectivity index (χ4n) is 3.74. The number of nitrogens with zero attached hydrogens (tertiary/aromatic N) is 1. The largest absolute Gasteiger partial charge is 0.463 e. The maximum Gasteiger partial charge on any atom is 0.373 e. The quantitative estimate of drug-likeness (QED) is 0.769. The van der Waals surface area contributed by atoms with Crippen molar-refractivity contribution in [2.24, 2.45) is 0 Å². The van der Waals surface area contributed by atoms with Crippen LogP contribution in [0.15, 0.2) is 34.7 Å². The van der Waals surface area contributed by atoms with E-state index in [1.165, 1.54) is 23.9 Å². The third-order valence-corrected chi connectivity index (χ3v) is 4.90. The monoisotopic (exact) mass is 327 g/mol. The van der Waals surface area contributed by atoms with Crippen molar-refractivity contribution in [2.75, 3.05) is 12.0 Å². The van der Waals surface area contributed by atoms with Crippen LogP contribution < -0.4 is 4.90 Å². The van der Waals surface area contributed by atoms with Gasteiger partial charge < -0.3 is 14.1 Å². The van der Waals surface area contributed by atoms with Gasteiger partial charge in [0.25, 0.3) is 0 Å². The van der Waals surface area contributed by atoms with Crippen LogP contribution in [0.5, 0.6) is 0 Å². The zero-order valence-corrected chi connectivity index (χ0v) is 15.1. The molecule has 0 fully saturated rings. The lowest BCUT2D eigenvalue weighted by Gasteiger charge is -2.47. The van der Waals surface area contributed by atoms with Crippen LogP contribution in [0, 0.1) is 6.92 Å². The molecule has 3 rings (SSSR count). The van der Waals surface area contributed by atoms with E-state index in [9.17, 15) is 4.79 Å². The Morgan fingerprint density at radius 1 is 1.33 bits per heavy atom. The Balaban J connectivity index is 1.95. The predicted molar refractivity (Wildman–Crippen MR) is 94.5 cm³/mol. The fraction of sp³-hybridized carbons (Fsp3) is 0.450. The molecule has 0 radical (unpaired) electrons. The summed E-state index contributed by atoms with van der Waals surface area (Å²) in [5.74, 6) is 1.10. The molecule has 0 saturated carbocycles. The first-order chi connectivity index (χ1) is 11.3. The lowest BCUT2D eigenvalue weighted by molar-refractivity contribution is 0.0563. The first-order valence-electron chi connectivity index (χ1n) is 8.37. The van der Waals surface area contributed by atoms with Gasteiger partial charge in [0, 0.05) is 11.2 Å². The van der Waals surface area contributed by atoms with Crippen LogP contribution in [0.4, 0.5) is 5.69 Å². The van der Waals surface area contributed by atoms with Crippen molar-refractivity contribution < 1.29 is 13.9 Å². The Kier molecular flexibility index (Phi) is 4.16. The van der Waals surface area contributed by atoms with Gasteiger partial charge in [-0.25, -0.2) is 4.79 Å². The molecule has 0 amide bonds. The highest BCUT2D eigenvalue weighted by atomic mass is 16.5. The molecular formula is C20H25NO3. The van der Waals surface area contributed by atoms with Gasteiger partial charge in [0.2, 0.25) is 5.76 Å². The number of furan rings is 1. The van der Waals surface area contributed by atoms with Gasteiger partial charge in [0.1, 0.15) is 5.76 Å². The number of fused-ring (bicyclic) bond motifs is 1. The summed E-state index contributed by atoms with van der Waals surface area (Å²) in [5, 5.41) is 0. The standard InChI is InChI=1S/C20H25NO3/c1-13-6-8-17-16(10-13)14(2)11-20(3,4)21(17)12-15-7-9-18(24-15)19(22)23-5/h6-10,14H,11-12H2,1-5H3/t14-/m0/s1. The van der Waals surface area contributed by atoms with Gasteiger partial charge in [-0.1, -0.05) is 24.6 Å². The minimum atomic E-state index is -0.441. The van der Waals surface area contributed by atoms with E-state index in [4.69, 9.17) is 9.15 Å². The maximum atomic E-state index is 11.6. The first kappa shape index (κ1) is 16.6. The van der Waals surface area contributed by atoms with Crippen molar-refractivity contribution in [1.82, 2.24) is 0 Å². The van der Waals surface area contributed by atoms with E-state index in [2.05, 4.69) is 50.8 Å². The molecule has 2 heterocycles. The molecule has 1 aromatic heterocycles. The number of benzene rings is 1. The molecule has 1 atom stereocenters. The number of hydrogen-bond donors (Lipinski definition) is 0. The van der Waals surface area contributed by atoms with Gasteiger partial charge in [-0.3, -0.25) is 0 Å². The molecular weight excluding hydrogens is 302 g/mol. The maximum absolute atomic E-state index is 11.6. The van der Waals surface area contributed by atoms with E-state index in [1.807, 2.05) is 6.07 Å². The number of carbonyl (C=O) groups is 1. The molecule has 0 spiro atoms. The lowest BCUT2D eigenvalue weighted by atomic mass is 9.79. The van der Waals surface area contributed by atoms with Crippen LogP contribution >= 0.6 is 0 Å². The number of hydrogen-bond acceptors (Lipinski definition) is 4. The number of carbonyl (C=O) groups excluding carboxylic acids is 1. The summed E-state index contributed by atoms with van der Waals surface area (Å²) in [6, 6.07) is 10.2. The van der Waals surface area contributed by atoms with Crippen molar-refractivity contribution >= 4 is 11.7 Å². The lowest BCUT2D eigenvalue weighted by Crippen LogP contribution is -2.47. The Labute approximate surface area is 143 Å². The van der Waals surface area contributed by atoms with Crippen LogP contribution in [-0.4, -0.2) is 18.6 Å². The first-order valence-corrected chi connectivity index (χ1v) is 8.37. The highest BCUT2D eigenvalue weighted by Gasteiger charge is 2.36. The summed E-state index contributed by atoms with van der Waals surface area (Å²) >= 11 is 0. The third-order valence-electron chi connectivity index (χ3n) is 4.90. The molecule has 0 N–H and O–H groups in total. The molecule has 4 heteroatoms. The molecule has 128 valence electrons. The van der Waals surface area contributed by atoms with Gasteiger partial charge in [0.05, 0.1) is 13.7 Å². The molecule has 0 unspecified atom stereocenters. The molecule has 4 nitrogen and oxygen atoms in total. The van der Waals surface area contributed by atoms with E-state index in [1.54, 1.807) is 6.07 Å². The van der Waals surface area contributed by atoms with E-state index < -0.39 is 5.97 Å². The minimum Gasteiger partial charge on any atom is -0.463 e. The Bertz CT molecular complexity index is 760. The minimum absolute atomic E-state index is 0.0138. The van der Waals surface area contributed by atoms with Gasteiger partial charge in [-0.05, 0) is 56.9 Å². The molecule has 0 aliphatic carbocycles. The smallest absolute Gasteiger partial charge is 0.373 e. The van der Waals surface area contributed by atoms with Crippen LogP contribution in [0.2, 0.25) is 0 Å². The summed E-state index contributed by atoms with van der Waals surface area (Å²) in [6.45, 7) is 9.57. The number of rotatable bonds is 3. The second kappa shape index (κ2) is 6.00. The summed E-state index contributed by atoms with van der Waals surface area (Å²) in [7, 11) is 1.36. The van der Waals surface area contributed by atoms with Crippen LogP contribution in [-0.2, 0) is 11.3 Å². The summed E-state index contributed by atoms with van der Waals surface area (Å²) in [5.41, 5.74) is 3.93. The Hall–Kier alpha value is -2.23. The molecule has 0 saturated heterocycles. The number of esters is 1. The van der Waals surface area contributed by atoms with Crippen LogP contribution in [0.3, 0.4) is 0 Å². The number of ether oxygens (including phenoxy) is 1. The van der Waals surface area contributed by atoms with E-state index in [-0.39, 0.29) is 11.3 Å². The van der Waals surface area contributed by atoms with Crippen molar-refractivity contribution in [1.29, 1.82) is 0 Å². The van der Waals surface area contributed by atoms with E-state index in [0.29, 0.717) is 12.5 Å². The summed E-state index contributed by atoms with van der Waals surface area (Å²) < 4.78 is 10.4. The topological polar surface area (TPSA) is 42.7 Å². The highest BCUT2D eigenvalue weighted by Crippen LogP contribution is 2.44. The van der Waals surface area contributed by atoms with Crippen molar-refractivity contribution in [3.63, 3.8) is 0 Å². The zero-order valence-electron chi connectivity index (χ0n) is 15.1. The number of methoxy groups -OCH3 is 1. The van der Waals surface area contributed by atoms with Crippen LogP contribution in [0.1, 0.15) is 60.6 Å². The van der Waals surface area contributed by atoms with Gasteiger partial charge in [-0.15, -0.1) is 0 Å². The van der Waals surface area contributed by atoms with E-state index >= 15 is 0 Å². The van der Waals surface area contributed by atoms with Gasteiger partial charge in [0.15, 0.2) is 0 Å². The number of aryl methyl sites for hydroxylation is 1.